The van der Waals surface area contributed by atoms with Crippen molar-refractivity contribution >= 4 is 0 Å². The van der Waals surface area contributed by atoms with Crippen LogP contribution in [0.25, 0.3) is 0 Å². The summed E-state index contributed by atoms with van der Waals surface area (Å²) in [4.78, 5) is 0. The van der Waals surface area contributed by atoms with Crippen molar-refractivity contribution in [3.8, 4) is 0 Å². The van der Waals surface area contributed by atoms with E-state index in [1.54, 1.807) is 0 Å². The van der Waals surface area contributed by atoms with Gasteiger partial charge in [0.15, 0.2) is 0 Å². The summed E-state index contributed by atoms with van der Waals surface area (Å²) in [6.45, 7) is 4.91. The van der Waals surface area contributed by atoms with Gasteiger partial charge in [0.2, 0.25) is 0 Å². The van der Waals surface area contributed by atoms with Crippen molar-refractivity contribution in [2.24, 2.45) is 5.92 Å². The van der Waals surface area contributed by atoms with Gasteiger partial charge in [-0.3, -0.25) is 0 Å². The van der Waals surface area contributed by atoms with Crippen LogP contribution >= 0.6 is 0 Å². The largest absolute Gasteiger partial charge is 0.390 e. The van der Waals surface area contributed by atoms with Crippen molar-refractivity contribution in [1.29, 1.82) is 0 Å². The summed E-state index contributed by atoms with van der Waals surface area (Å²) in [5.41, 5.74) is -0.592. The van der Waals surface area contributed by atoms with E-state index >= 15 is 0 Å². The van der Waals surface area contributed by atoms with Crippen LogP contribution in [0.3, 0.4) is 0 Å². The molecule has 2 nitrogen and oxygen atoms in total. The van der Waals surface area contributed by atoms with E-state index in [4.69, 9.17) is 4.74 Å². The standard InChI is InChI=1S/C14H26O2/c1-13(2)11-14(15,8-9-16-13)10-12-6-4-3-5-7-12/h12,15H,3-11H2,1-2H3. The van der Waals surface area contributed by atoms with E-state index in [0.717, 1.165) is 31.8 Å². The molecule has 1 heterocycles. The van der Waals surface area contributed by atoms with Gasteiger partial charge < -0.3 is 9.84 Å². The molecule has 2 fully saturated rings. The number of rotatable bonds is 2. The van der Waals surface area contributed by atoms with Crippen LogP contribution < -0.4 is 0 Å². The topological polar surface area (TPSA) is 29.5 Å². The second-order valence-corrected chi connectivity index (χ2v) is 6.47. The van der Waals surface area contributed by atoms with Crippen LogP contribution in [-0.4, -0.2) is 22.9 Å². The van der Waals surface area contributed by atoms with Gasteiger partial charge in [0.05, 0.1) is 17.8 Å². The third-order valence-corrected chi connectivity index (χ3v) is 4.21. The lowest BCUT2D eigenvalue weighted by Gasteiger charge is -2.43. The fourth-order valence-electron chi connectivity index (χ4n) is 3.55. The highest BCUT2D eigenvalue weighted by atomic mass is 16.5. The monoisotopic (exact) mass is 226 g/mol. The summed E-state index contributed by atoms with van der Waals surface area (Å²) in [6, 6.07) is 0. The zero-order chi connectivity index (χ0) is 11.6. The molecule has 1 unspecified atom stereocenters. The maximum atomic E-state index is 10.7. The Morgan fingerprint density at radius 3 is 2.50 bits per heavy atom. The second-order valence-electron chi connectivity index (χ2n) is 6.47. The minimum atomic E-state index is -0.455. The number of hydrogen-bond acceptors (Lipinski definition) is 2. The van der Waals surface area contributed by atoms with Crippen LogP contribution in [-0.2, 0) is 4.74 Å². The Morgan fingerprint density at radius 2 is 1.88 bits per heavy atom. The van der Waals surface area contributed by atoms with Gasteiger partial charge >= 0.3 is 0 Å². The van der Waals surface area contributed by atoms with Gasteiger partial charge in [-0.2, -0.15) is 0 Å². The molecule has 1 aliphatic carbocycles. The van der Waals surface area contributed by atoms with E-state index in [9.17, 15) is 5.11 Å². The molecule has 1 saturated carbocycles. The molecule has 0 aromatic heterocycles. The highest BCUT2D eigenvalue weighted by Gasteiger charge is 2.40. The maximum absolute atomic E-state index is 10.7. The predicted molar refractivity (Wildman–Crippen MR) is 65.4 cm³/mol. The maximum Gasteiger partial charge on any atom is 0.0699 e. The molecule has 0 amide bonds. The number of hydrogen-bond donors (Lipinski definition) is 1. The van der Waals surface area contributed by atoms with Gasteiger partial charge in [-0.15, -0.1) is 0 Å². The molecule has 0 aromatic carbocycles. The molecule has 0 aromatic rings. The molecule has 0 bridgehead atoms. The summed E-state index contributed by atoms with van der Waals surface area (Å²) < 4.78 is 5.69. The van der Waals surface area contributed by atoms with Crippen molar-refractivity contribution < 1.29 is 9.84 Å². The zero-order valence-electron chi connectivity index (χ0n) is 10.8. The lowest BCUT2D eigenvalue weighted by molar-refractivity contribution is -0.151. The summed E-state index contributed by atoms with van der Waals surface area (Å²) in [5.74, 6) is 0.757. The van der Waals surface area contributed by atoms with E-state index in [0.29, 0.717) is 0 Å². The van der Waals surface area contributed by atoms with E-state index < -0.39 is 5.60 Å². The van der Waals surface area contributed by atoms with Gasteiger partial charge in [-0.25, -0.2) is 0 Å². The molecular formula is C14H26O2. The third kappa shape index (κ3) is 3.21. The molecule has 0 radical (unpaired) electrons. The Labute approximate surface area is 99.4 Å². The molecule has 1 aliphatic heterocycles. The summed E-state index contributed by atoms with van der Waals surface area (Å²) in [5, 5.41) is 10.7. The second kappa shape index (κ2) is 4.66. The van der Waals surface area contributed by atoms with Gasteiger partial charge in [-0.1, -0.05) is 32.1 Å². The Hall–Kier alpha value is -0.0800. The molecule has 2 aliphatic rings. The van der Waals surface area contributed by atoms with E-state index in [2.05, 4.69) is 13.8 Å². The summed E-state index contributed by atoms with van der Waals surface area (Å²) >= 11 is 0. The molecule has 0 spiro atoms. The third-order valence-electron chi connectivity index (χ3n) is 4.21. The lowest BCUT2D eigenvalue weighted by Crippen LogP contribution is -2.46. The van der Waals surface area contributed by atoms with Gasteiger partial charge in [0.1, 0.15) is 0 Å². The fraction of sp³-hybridized carbons (Fsp3) is 1.00. The molecule has 2 heteroatoms. The van der Waals surface area contributed by atoms with Crippen molar-refractivity contribution in [3.05, 3.63) is 0 Å². The number of aliphatic hydroxyl groups is 1. The van der Waals surface area contributed by atoms with Crippen LogP contribution in [0.1, 0.15) is 65.2 Å². The quantitative estimate of drug-likeness (QED) is 0.783. The first-order chi connectivity index (χ1) is 7.49. The van der Waals surface area contributed by atoms with Crippen molar-refractivity contribution in [3.63, 3.8) is 0 Å². The summed E-state index contributed by atoms with van der Waals surface area (Å²) in [6.07, 6.45) is 9.39. The van der Waals surface area contributed by atoms with Crippen LogP contribution in [0.2, 0.25) is 0 Å². The molecule has 1 saturated heterocycles. The highest BCUT2D eigenvalue weighted by molar-refractivity contribution is 4.92. The fourth-order valence-corrected chi connectivity index (χ4v) is 3.55. The molecule has 1 N–H and O–H groups in total. The smallest absolute Gasteiger partial charge is 0.0699 e. The highest BCUT2D eigenvalue weighted by Crippen LogP contribution is 2.39. The molecule has 2 rings (SSSR count). The Kier molecular flexibility index (Phi) is 3.60. The lowest BCUT2D eigenvalue weighted by atomic mass is 9.74. The minimum absolute atomic E-state index is 0.137. The molecule has 94 valence electrons. The first-order valence-corrected chi connectivity index (χ1v) is 6.86. The van der Waals surface area contributed by atoms with Crippen LogP contribution in [0.15, 0.2) is 0 Å². The average Bonchev–Trinajstić information content (AvgIpc) is 2.16. The van der Waals surface area contributed by atoms with E-state index in [1.165, 1.54) is 32.1 Å². The van der Waals surface area contributed by atoms with Crippen molar-refractivity contribution in [1.82, 2.24) is 0 Å². The Morgan fingerprint density at radius 1 is 1.19 bits per heavy atom. The van der Waals surface area contributed by atoms with Crippen molar-refractivity contribution in [2.75, 3.05) is 6.61 Å². The number of ether oxygens (including phenoxy) is 1. The molecule has 16 heavy (non-hydrogen) atoms. The van der Waals surface area contributed by atoms with Gasteiger partial charge in [0.25, 0.3) is 0 Å². The first-order valence-electron chi connectivity index (χ1n) is 6.86. The van der Waals surface area contributed by atoms with Crippen molar-refractivity contribution in [2.45, 2.75) is 76.4 Å². The van der Waals surface area contributed by atoms with E-state index in [-0.39, 0.29) is 5.60 Å². The predicted octanol–water partition coefficient (Wildman–Crippen LogP) is 3.28. The van der Waals surface area contributed by atoms with Crippen LogP contribution in [0.5, 0.6) is 0 Å². The first kappa shape index (κ1) is 12.4. The van der Waals surface area contributed by atoms with Gasteiger partial charge in [0, 0.05) is 6.42 Å². The van der Waals surface area contributed by atoms with E-state index in [1.807, 2.05) is 0 Å². The van der Waals surface area contributed by atoms with Crippen LogP contribution in [0.4, 0.5) is 0 Å². The molecule has 1 atom stereocenters. The Bertz CT molecular complexity index is 231. The van der Waals surface area contributed by atoms with Crippen LogP contribution in [0, 0.1) is 5.92 Å². The van der Waals surface area contributed by atoms with Gasteiger partial charge in [-0.05, 0) is 32.6 Å². The SMILES string of the molecule is CC1(C)CC(O)(CC2CCCCC2)CCO1. The summed E-state index contributed by atoms with van der Waals surface area (Å²) in [7, 11) is 0. The normalized spacial score (nSPS) is 36.2. The molecular weight excluding hydrogens is 200 g/mol. The minimum Gasteiger partial charge on any atom is -0.390 e. The average molecular weight is 226 g/mol. The zero-order valence-corrected chi connectivity index (χ0v) is 10.8. The Balaban J connectivity index is 1.90.